The van der Waals surface area contributed by atoms with Gasteiger partial charge in [-0.3, -0.25) is 9.97 Å². The SMILES string of the molecule is Brc1ccc(-c2noc(-c3ccnc4ccncc34)n2)o1. The number of furan rings is 1. The minimum atomic E-state index is 0.393. The molecule has 0 fully saturated rings. The van der Waals surface area contributed by atoms with Crippen LogP contribution in [-0.2, 0) is 0 Å². The molecule has 4 heterocycles. The van der Waals surface area contributed by atoms with E-state index in [1.165, 1.54) is 0 Å². The molecule has 6 nitrogen and oxygen atoms in total. The molecule has 0 radical (unpaired) electrons. The maximum Gasteiger partial charge on any atom is 0.259 e. The van der Waals surface area contributed by atoms with Gasteiger partial charge in [0.05, 0.1) is 11.1 Å². The zero-order chi connectivity index (χ0) is 14.2. The van der Waals surface area contributed by atoms with Gasteiger partial charge in [-0.1, -0.05) is 5.16 Å². The van der Waals surface area contributed by atoms with E-state index in [1.807, 2.05) is 12.1 Å². The maximum absolute atomic E-state index is 5.41. The van der Waals surface area contributed by atoms with Gasteiger partial charge in [0, 0.05) is 24.0 Å². The van der Waals surface area contributed by atoms with Crippen LogP contribution in [-0.4, -0.2) is 20.1 Å². The Bertz CT molecular complexity index is 926. The standard InChI is InChI=1S/C14H7BrN4O2/c15-12-2-1-11(20-12)13-18-14(21-19-13)8-3-6-17-10-4-5-16-7-9(8)10/h1-7H. The summed E-state index contributed by atoms with van der Waals surface area (Å²) in [6.45, 7) is 0. The highest BCUT2D eigenvalue weighted by molar-refractivity contribution is 9.10. The maximum atomic E-state index is 5.41. The van der Waals surface area contributed by atoms with E-state index < -0.39 is 0 Å². The molecule has 0 saturated heterocycles. The predicted octanol–water partition coefficient (Wildman–Crippen LogP) is 3.70. The third kappa shape index (κ3) is 2.11. The van der Waals surface area contributed by atoms with Gasteiger partial charge in [0.15, 0.2) is 10.4 Å². The van der Waals surface area contributed by atoms with Crippen molar-refractivity contribution in [3.05, 3.63) is 47.5 Å². The molecule has 0 aliphatic rings. The minimum absolute atomic E-state index is 0.393. The van der Waals surface area contributed by atoms with Crippen LogP contribution in [0.25, 0.3) is 33.9 Å². The molecule has 0 amide bonds. The van der Waals surface area contributed by atoms with Gasteiger partial charge in [0.25, 0.3) is 5.89 Å². The Balaban J connectivity index is 1.85. The van der Waals surface area contributed by atoms with Crippen molar-refractivity contribution in [2.45, 2.75) is 0 Å². The van der Waals surface area contributed by atoms with Crippen molar-refractivity contribution in [3.8, 4) is 23.0 Å². The average Bonchev–Trinajstić information content (AvgIpc) is 3.15. The molecular formula is C14H7BrN4O2. The molecule has 0 aromatic carbocycles. The first kappa shape index (κ1) is 12.2. The second-order valence-electron chi connectivity index (χ2n) is 4.28. The van der Waals surface area contributed by atoms with E-state index in [9.17, 15) is 0 Å². The normalized spacial score (nSPS) is 11.1. The minimum Gasteiger partial charge on any atom is -0.446 e. The van der Waals surface area contributed by atoms with Crippen molar-refractivity contribution >= 4 is 26.8 Å². The van der Waals surface area contributed by atoms with Crippen molar-refractivity contribution < 1.29 is 8.94 Å². The Morgan fingerprint density at radius 3 is 2.86 bits per heavy atom. The highest BCUT2D eigenvalue weighted by Crippen LogP contribution is 2.28. The fraction of sp³-hybridized carbons (Fsp3) is 0. The first-order valence-corrected chi connectivity index (χ1v) is 6.89. The van der Waals surface area contributed by atoms with Crippen LogP contribution in [0.3, 0.4) is 0 Å². The molecule has 4 aromatic rings. The summed E-state index contributed by atoms with van der Waals surface area (Å²) < 4.78 is 11.4. The van der Waals surface area contributed by atoms with E-state index in [0.717, 1.165) is 16.5 Å². The van der Waals surface area contributed by atoms with Crippen molar-refractivity contribution in [3.63, 3.8) is 0 Å². The number of rotatable bonds is 2. The fourth-order valence-corrected chi connectivity index (χ4v) is 2.35. The summed E-state index contributed by atoms with van der Waals surface area (Å²) >= 11 is 3.24. The van der Waals surface area contributed by atoms with Gasteiger partial charge in [0.1, 0.15) is 0 Å². The van der Waals surface area contributed by atoms with Crippen molar-refractivity contribution in [2.75, 3.05) is 0 Å². The molecule has 0 atom stereocenters. The highest BCUT2D eigenvalue weighted by atomic mass is 79.9. The second-order valence-corrected chi connectivity index (χ2v) is 5.06. The highest BCUT2D eigenvalue weighted by Gasteiger charge is 2.15. The monoisotopic (exact) mass is 342 g/mol. The lowest BCUT2D eigenvalue weighted by Crippen LogP contribution is -1.85. The summed E-state index contributed by atoms with van der Waals surface area (Å²) in [5, 5.41) is 4.80. The van der Waals surface area contributed by atoms with Crippen LogP contribution < -0.4 is 0 Å². The number of hydrogen-bond donors (Lipinski definition) is 0. The summed E-state index contributed by atoms with van der Waals surface area (Å²) in [6, 6.07) is 7.20. The molecule has 102 valence electrons. The number of hydrogen-bond acceptors (Lipinski definition) is 6. The number of pyridine rings is 2. The van der Waals surface area contributed by atoms with E-state index >= 15 is 0 Å². The van der Waals surface area contributed by atoms with Crippen LogP contribution in [0.2, 0.25) is 0 Å². The lowest BCUT2D eigenvalue weighted by molar-refractivity contribution is 0.429. The van der Waals surface area contributed by atoms with E-state index in [1.54, 1.807) is 30.7 Å². The van der Waals surface area contributed by atoms with Crippen LogP contribution in [0.15, 0.2) is 56.5 Å². The van der Waals surface area contributed by atoms with E-state index in [2.05, 4.69) is 36.0 Å². The van der Waals surface area contributed by atoms with Crippen LogP contribution in [0.5, 0.6) is 0 Å². The van der Waals surface area contributed by atoms with Crippen molar-refractivity contribution in [2.24, 2.45) is 0 Å². The van der Waals surface area contributed by atoms with Gasteiger partial charge >= 0.3 is 0 Å². The van der Waals surface area contributed by atoms with Gasteiger partial charge in [-0.2, -0.15) is 4.98 Å². The molecule has 0 aliphatic heterocycles. The van der Waals surface area contributed by atoms with Gasteiger partial charge < -0.3 is 8.94 Å². The molecule has 0 N–H and O–H groups in total. The van der Waals surface area contributed by atoms with Crippen molar-refractivity contribution in [1.82, 2.24) is 20.1 Å². The zero-order valence-electron chi connectivity index (χ0n) is 10.5. The van der Waals surface area contributed by atoms with Gasteiger partial charge in [-0.25, -0.2) is 0 Å². The fourth-order valence-electron chi connectivity index (χ4n) is 2.04. The van der Waals surface area contributed by atoms with E-state index in [4.69, 9.17) is 8.94 Å². The second kappa shape index (κ2) is 4.78. The molecule has 0 spiro atoms. The number of halogens is 1. The topological polar surface area (TPSA) is 77.8 Å². The first-order valence-electron chi connectivity index (χ1n) is 6.10. The van der Waals surface area contributed by atoms with Crippen LogP contribution in [0, 0.1) is 0 Å². The number of fused-ring (bicyclic) bond motifs is 1. The molecule has 21 heavy (non-hydrogen) atoms. The Morgan fingerprint density at radius 2 is 2.00 bits per heavy atom. The quantitative estimate of drug-likeness (QED) is 0.552. The molecule has 0 aliphatic carbocycles. The summed E-state index contributed by atoms with van der Waals surface area (Å²) in [7, 11) is 0. The van der Waals surface area contributed by atoms with Gasteiger partial charge in [-0.15, -0.1) is 0 Å². The third-order valence-corrected chi connectivity index (χ3v) is 3.42. The first-order chi connectivity index (χ1) is 10.3. The molecular weight excluding hydrogens is 336 g/mol. The predicted molar refractivity (Wildman–Crippen MR) is 78.2 cm³/mol. The van der Waals surface area contributed by atoms with Crippen molar-refractivity contribution in [1.29, 1.82) is 0 Å². The summed E-state index contributed by atoms with van der Waals surface area (Å²) in [6.07, 6.45) is 5.12. The Hall–Kier alpha value is -2.54. The van der Waals surface area contributed by atoms with Crippen LogP contribution in [0.1, 0.15) is 0 Å². The molecule has 0 saturated carbocycles. The largest absolute Gasteiger partial charge is 0.446 e. The number of aromatic nitrogens is 4. The zero-order valence-corrected chi connectivity index (χ0v) is 12.1. The summed E-state index contributed by atoms with van der Waals surface area (Å²) in [5.41, 5.74) is 1.61. The summed E-state index contributed by atoms with van der Waals surface area (Å²) in [5.74, 6) is 1.33. The molecule has 0 bridgehead atoms. The Kier molecular flexibility index (Phi) is 2.78. The average molecular weight is 343 g/mol. The smallest absolute Gasteiger partial charge is 0.259 e. The lowest BCUT2D eigenvalue weighted by atomic mass is 10.1. The third-order valence-electron chi connectivity index (χ3n) is 2.99. The summed E-state index contributed by atoms with van der Waals surface area (Å²) in [4.78, 5) is 12.8. The lowest BCUT2D eigenvalue weighted by Gasteiger charge is -1.99. The Morgan fingerprint density at radius 1 is 1.05 bits per heavy atom. The molecule has 4 rings (SSSR count). The van der Waals surface area contributed by atoms with E-state index in [-0.39, 0.29) is 0 Å². The number of nitrogens with zero attached hydrogens (tertiary/aromatic N) is 4. The molecule has 7 heteroatoms. The van der Waals surface area contributed by atoms with Gasteiger partial charge in [-0.05, 0) is 40.2 Å². The molecule has 0 unspecified atom stereocenters. The van der Waals surface area contributed by atoms with Crippen LogP contribution >= 0.6 is 15.9 Å². The van der Waals surface area contributed by atoms with Gasteiger partial charge in [0.2, 0.25) is 5.82 Å². The van der Waals surface area contributed by atoms with E-state index in [0.29, 0.717) is 22.1 Å². The van der Waals surface area contributed by atoms with Crippen LogP contribution in [0.4, 0.5) is 0 Å². The Labute approximate surface area is 127 Å². The molecule has 4 aromatic heterocycles.